The monoisotopic (exact) mass is 438 g/mol. The number of fused-ring (bicyclic) bond motifs is 3. The lowest BCUT2D eigenvalue weighted by Crippen LogP contribution is -2.58. The minimum Gasteiger partial charge on any atom is -0.342 e. The number of alkyl halides is 3. The Balaban J connectivity index is 1.69. The number of rotatable bonds is 2. The summed E-state index contributed by atoms with van der Waals surface area (Å²) < 4.78 is 41.8. The Morgan fingerprint density at radius 1 is 1.30 bits per heavy atom. The van der Waals surface area contributed by atoms with Crippen LogP contribution in [0.3, 0.4) is 0 Å². The summed E-state index contributed by atoms with van der Waals surface area (Å²) in [6.45, 7) is 2.06. The highest BCUT2D eigenvalue weighted by molar-refractivity contribution is 8.13. The van der Waals surface area contributed by atoms with Crippen molar-refractivity contribution in [3.8, 4) is 0 Å². The van der Waals surface area contributed by atoms with E-state index in [1.54, 1.807) is 36.2 Å². The smallest absolute Gasteiger partial charge is 0.342 e. The predicted octanol–water partition coefficient (Wildman–Crippen LogP) is 4.86. The Morgan fingerprint density at radius 2 is 2.07 bits per heavy atom. The van der Waals surface area contributed by atoms with Crippen LogP contribution in [0.5, 0.6) is 0 Å². The number of allylic oxidation sites excluding steroid dienone is 1. The number of nitrogens with zero attached hydrogens (tertiary/aromatic N) is 2. The van der Waals surface area contributed by atoms with Crippen LogP contribution in [0, 0.1) is 23.2 Å². The molecule has 8 heteroatoms. The fourth-order valence-corrected chi connectivity index (χ4v) is 6.69. The molecule has 2 unspecified atom stereocenters. The molecule has 0 N–H and O–H groups in total. The number of pyridine rings is 1. The maximum Gasteiger partial charge on any atom is 0.392 e. The topological polar surface area (TPSA) is 50.3 Å². The van der Waals surface area contributed by atoms with Crippen molar-refractivity contribution >= 4 is 22.8 Å². The maximum absolute atomic E-state index is 13.9. The summed E-state index contributed by atoms with van der Waals surface area (Å²) in [5.41, 5.74) is 0.564. The molecule has 2 aliphatic carbocycles. The summed E-state index contributed by atoms with van der Waals surface area (Å²) >= 11 is 0.813. The quantitative estimate of drug-likeness (QED) is 0.489. The normalized spacial score (nSPS) is 34.1. The molecule has 1 saturated heterocycles. The molecule has 4 rings (SSSR count). The van der Waals surface area contributed by atoms with Gasteiger partial charge in [-0.3, -0.25) is 9.59 Å². The maximum atomic E-state index is 13.9. The van der Waals surface area contributed by atoms with Gasteiger partial charge in [0.1, 0.15) is 5.03 Å². The first-order valence-electron chi connectivity index (χ1n) is 10.3. The molecule has 1 saturated carbocycles. The Labute approximate surface area is 178 Å². The highest BCUT2D eigenvalue weighted by atomic mass is 32.2. The van der Waals surface area contributed by atoms with E-state index in [2.05, 4.69) is 11.9 Å². The van der Waals surface area contributed by atoms with Crippen LogP contribution in [0.2, 0.25) is 0 Å². The zero-order valence-corrected chi connectivity index (χ0v) is 17.8. The molecule has 3 aliphatic rings. The van der Waals surface area contributed by atoms with Gasteiger partial charge in [0.05, 0.1) is 5.92 Å². The summed E-state index contributed by atoms with van der Waals surface area (Å²) in [7, 11) is 1.78. The van der Waals surface area contributed by atoms with Gasteiger partial charge in [-0.15, -0.1) is 0 Å². The van der Waals surface area contributed by atoms with Crippen molar-refractivity contribution in [1.82, 2.24) is 9.88 Å². The molecule has 0 bridgehead atoms. The second kappa shape index (κ2) is 7.70. The molecule has 1 aromatic heterocycles. The third-order valence-electron chi connectivity index (χ3n) is 7.26. The summed E-state index contributed by atoms with van der Waals surface area (Å²) in [5, 5.41) is -0.0451. The van der Waals surface area contributed by atoms with Crippen molar-refractivity contribution in [3.05, 3.63) is 36.0 Å². The number of amides is 1. The average molecular weight is 439 g/mol. The third kappa shape index (κ3) is 3.57. The van der Waals surface area contributed by atoms with E-state index in [1.807, 2.05) is 0 Å². The van der Waals surface area contributed by atoms with Gasteiger partial charge >= 0.3 is 6.18 Å². The molecular formula is C22H25F3N2O2S. The van der Waals surface area contributed by atoms with Crippen LogP contribution in [0.1, 0.15) is 39.0 Å². The van der Waals surface area contributed by atoms with Crippen molar-refractivity contribution in [2.75, 3.05) is 7.05 Å². The van der Waals surface area contributed by atoms with Crippen LogP contribution in [-0.2, 0) is 9.59 Å². The fourth-order valence-electron chi connectivity index (χ4n) is 5.76. The molecule has 1 amide bonds. The summed E-state index contributed by atoms with van der Waals surface area (Å²) in [6, 6.07) is 5.04. The second-order valence-corrected chi connectivity index (χ2v) is 9.80. The van der Waals surface area contributed by atoms with Crippen LogP contribution in [0.4, 0.5) is 13.2 Å². The van der Waals surface area contributed by atoms with E-state index in [0.717, 1.165) is 17.3 Å². The first kappa shape index (κ1) is 21.4. The van der Waals surface area contributed by atoms with Gasteiger partial charge in [0, 0.05) is 37.0 Å². The molecule has 2 heterocycles. The summed E-state index contributed by atoms with van der Waals surface area (Å²) in [4.78, 5) is 31.3. The second-order valence-electron chi connectivity index (χ2n) is 8.78. The van der Waals surface area contributed by atoms with Gasteiger partial charge in [-0.05, 0) is 55.5 Å². The molecule has 162 valence electrons. The van der Waals surface area contributed by atoms with Gasteiger partial charge < -0.3 is 4.90 Å². The molecule has 0 aromatic carbocycles. The number of carbonyl (C=O) groups is 2. The molecule has 0 radical (unpaired) electrons. The lowest BCUT2D eigenvalue weighted by atomic mass is 9.54. The fraction of sp³-hybridized carbons (Fsp3) is 0.591. The number of thioether (sulfide) groups is 1. The number of piperidine rings is 1. The largest absolute Gasteiger partial charge is 0.392 e. The Morgan fingerprint density at radius 3 is 2.73 bits per heavy atom. The van der Waals surface area contributed by atoms with Gasteiger partial charge in [-0.25, -0.2) is 4.98 Å². The van der Waals surface area contributed by atoms with Gasteiger partial charge in [-0.1, -0.05) is 24.6 Å². The van der Waals surface area contributed by atoms with E-state index in [1.165, 1.54) is 6.20 Å². The third-order valence-corrected chi connectivity index (χ3v) is 8.18. The van der Waals surface area contributed by atoms with Gasteiger partial charge in [0.15, 0.2) is 5.12 Å². The van der Waals surface area contributed by atoms with E-state index in [4.69, 9.17) is 0 Å². The highest BCUT2D eigenvalue weighted by Gasteiger charge is 2.58. The van der Waals surface area contributed by atoms with E-state index in [9.17, 15) is 22.8 Å². The van der Waals surface area contributed by atoms with Gasteiger partial charge in [-0.2, -0.15) is 13.2 Å². The average Bonchev–Trinajstić information content (AvgIpc) is 2.70. The standard InChI is InChI=1S/C22H25F3N2O2S/c1-21-11-10-18(28)27(2)16(21)9-6-13-14(21)7-8-15(22(23,24)25)19(13)20(29)30-17-5-3-4-12-26-17/h3-5,7,12-13,15-16,19H,6,8-11H2,1-2H3/t13-,15?,16-,19?,21-/m1/s1. The van der Waals surface area contributed by atoms with Crippen LogP contribution in [0.25, 0.3) is 0 Å². The van der Waals surface area contributed by atoms with E-state index in [-0.39, 0.29) is 23.8 Å². The number of hydrogen-bond donors (Lipinski definition) is 0. The zero-order chi connectivity index (χ0) is 21.7. The number of hydrogen-bond acceptors (Lipinski definition) is 4. The summed E-state index contributed by atoms with van der Waals surface area (Å²) in [5.74, 6) is -3.17. The molecule has 30 heavy (non-hydrogen) atoms. The predicted molar refractivity (Wildman–Crippen MR) is 107 cm³/mol. The van der Waals surface area contributed by atoms with Crippen LogP contribution in [0.15, 0.2) is 41.1 Å². The minimum atomic E-state index is -4.44. The lowest BCUT2D eigenvalue weighted by Gasteiger charge is -2.56. The Kier molecular flexibility index (Phi) is 5.49. The lowest BCUT2D eigenvalue weighted by molar-refractivity contribution is -0.196. The highest BCUT2D eigenvalue weighted by Crippen LogP contribution is 2.58. The molecule has 4 nitrogen and oxygen atoms in total. The first-order chi connectivity index (χ1) is 14.1. The molecule has 0 spiro atoms. The Bertz CT molecular complexity index is 873. The van der Waals surface area contributed by atoms with Gasteiger partial charge in [0.2, 0.25) is 5.91 Å². The van der Waals surface area contributed by atoms with Crippen molar-refractivity contribution in [2.45, 2.75) is 56.3 Å². The van der Waals surface area contributed by atoms with Crippen LogP contribution < -0.4 is 0 Å². The Hall–Kier alpha value is -1.83. The van der Waals surface area contributed by atoms with Crippen molar-refractivity contribution < 1.29 is 22.8 Å². The van der Waals surface area contributed by atoms with E-state index < -0.39 is 29.0 Å². The molecular weight excluding hydrogens is 413 g/mol. The molecule has 1 aromatic rings. The molecule has 5 atom stereocenters. The van der Waals surface area contributed by atoms with Gasteiger partial charge in [0.25, 0.3) is 0 Å². The van der Waals surface area contributed by atoms with Crippen molar-refractivity contribution in [1.29, 1.82) is 0 Å². The summed E-state index contributed by atoms with van der Waals surface area (Å²) in [6.07, 6.45) is 0.737. The molecule has 2 fully saturated rings. The molecule has 1 aliphatic heterocycles. The number of carbonyl (C=O) groups excluding carboxylic acids is 2. The number of aromatic nitrogens is 1. The number of likely N-dealkylation sites (tertiary alicyclic amines) is 1. The van der Waals surface area contributed by atoms with Crippen LogP contribution >= 0.6 is 11.8 Å². The van der Waals surface area contributed by atoms with Crippen molar-refractivity contribution in [3.63, 3.8) is 0 Å². The number of halogens is 3. The van der Waals surface area contributed by atoms with Crippen molar-refractivity contribution in [2.24, 2.45) is 23.2 Å². The SMILES string of the molecule is CN1C(=O)CC[C@]2(C)C3=CCC(C(F)(F)F)C(C(=O)Sc4ccccn4)[C@@H]3CC[C@@H]12. The van der Waals surface area contributed by atoms with E-state index in [0.29, 0.717) is 30.7 Å². The first-order valence-corrected chi connectivity index (χ1v) is 11.1. The minimum absolute atomic E-state index is 0.0251. The zero-order valence-electron chi connectivity index (χ0n) is 17.0. The van der Waals surface area contributed by atoms with Crippen LogP contribution in [-0.4, -0.2) is 40.2 Å². The van der Waals surface area contributed by atoms with E-state index >= 15 is 0 Å².